The van der Waals surface area contributed by atoms with E-state index in [1.165, 1.54) is 6.20 Å². The van der Waals surface area contributed by atoms with Gasteiger partial charge in [-0.25, -0.2) is 4.98 Å². The number of anilines is 1. The summed E-state index contributed by atoms with van der Waals surface area (Å²) in [4.78, 5) is 3.64. The number of nitrogen functional groups attached to an aromatic ring is 1. The topological polar surface area (TPSA) is 64.7 Å². The molecule has 0 atom stereocenters. The molecule has 0 radical (unpaired) electrons. The minimum Gasteiger partial charge on any atom is -0.366 e. The van der Waals surface area contributed by atoms with E-state index in [9.17, 15) is 0 Å². The highest BCUT2D eigenvalue weighted by Gasteiger charge is 1.86. The minimum absolute atomic E-state index is 0. The standard InChI is InChI=1S/C3H3BrN4.BrH/c4-2-1-6-3(5)8-7-2;/h1H,(H2,5,6,8);1H. The smallest absolute Gasteiger partial charge is 0.240 e. The summed E-state index contributed by atoms with van der Waals surface area (Å²) in [5, 5.41) is 7.01. The van der Waals surface area contributed by atoms with E-state index in [2.05, 4.69) is 31.1 Å². The molecule has 1 aromatic heterocycles. The van der Waals surface area contributed by atoms with Gasteiger partial charge in [0.2, 0.25) is 5.95 Å². The van der Waals surface area contributed by atoms with Crippen LogP contribution in [0.3, 0.4) is 0 Å². The number of rotatable bonds is 0. The van der Waals surface area contributed by atoms with Gasteiger partial charge in [-0.1, -0.05) is 0 Å². The van der Waals surface area contributed by atoms with E-state index in [-0.39, 0.29) is 22.9 Å². The molecular formula is C3H4Br2N4. The van der Waals surface area contributed by atoms with Gasteiger partial charge in [-0.3, -0.25) is 0 Å². The van der Waals surface area contributed by atoms with Crippen molar-refractivity contribution in [3.8, 4) is 0 Å². The third kappa shape index (κ3) is 2.71. The second-order valence-electron chi connectivity index (χ2n) is 1.14. The summed E-state index contributed by atoms with van der Waals surface area (Å²) >= 11 is 3.05. The molecular weight excluding hydrogens is 252 g/mol. The van der Waals surface area contributed by atoms with Crippen LogP contribution in [-0.2, 0) is 0 Å². The number of aromatic nitrogens is 3. The van der Waals surface area contributed by atoms with Crippen LogP contribution in [0.1, 0.15) is 0 Å². The summed E-state index contributed by atoms with van der Waals surface area (Å²) in [6, 6.07) is 0. The van der Waals surface area contributed by atoms with Crippen LogP contribution in [0.25, 0.3) is 0 Å². The monoisotopic (exact) mass is 254 g/mol. The molecule has 0 bridgehead atoms. The lowest BCUT2D eigenvalue weighted by atomic mass is 10.9. The van der Waals surface area contributed by atoms with Gasteiger partial charge >= 0.3 is 0 Å². The second kappa shape index (κ2) is 3.73. The van der Waals surface area contributed by atoms with Gasteiger partial charge in [0.15, 0.2) is 0 Å². The second-order valence-corrected chi connectivity index (χ2v) is 1.95. The molecule has 1 aromatic rings. The molecule has 4 nitrogen and oxygen atoms in total. The Morgan fingerprint density at radius 3 is 2.44 bits per heavy atom. The van der Waals surface area contributed by atoms with Crippen molar-refractivity contribution in [1.82, 2.24) is 15.2 Å². The zero-order valence-corrected chi connectivity index (χ0v) is 7.58. The molecule has 0 saturated carbocycles. The van der Waals surface area contributed by atoms with Crippen LogP contribution < -0.4 is 5.73 Å². The van der Waals surface area contributed by atoms with Gasteiger partial charge < -0.3 is 5.73 Å². The van der Waals surface area contributed by atoms with Crippen LogP contribution in [0, 0.1) is 0 Å². The van der Waals surface area contributed by atoms with E-state index in [0.717, 1.165) is 0 Å². The minimum atomic E-state index is 0. The third-order valence-electron chi connectivity index (χ3n) is 0.551. The quantitative estimate of drug-likeness (QED) is 0.745. The molecule has 6 heteroatoms. The fourth-order valence-corrected chi connectivity index (χ4v) is 0.452. The van der Waals surface area contributed by atoms with Gasteiger partial charge in [0, 0.05) is 0 Å². The van der Waals surface area contributed by atoms with Crippen LogP contribution in [-0.4, -0.2) is 15.2 Å². The first-order chi connectivity index (χ1) is 3.79. The number of nitrogens with zero attached hydrogens (tertiary/aromatic N) is 3. The van der Waals surface area contributed by atoms with E-state index in [4.69, 9.17) is 5.73 Å². The van der Waals surface area contributed by atoms with Crippen LogP contribution in [0.15, 0.2) is 10.8 Å². The first-order valence-corrected chi connectivity index (χ1v) is 2.69. The molecule has 1 rings (SSSR count). The largest absolute Gasteiger partial charge is 0.366 e. The maximum absolute atomic E-state index is 5.12. The van der Waals surface area contributed by atoms with Gasteiger partial charge in [0.1, 0.15) is 4.60 Å². The normalized spacial score (nSPS) is 8.11. The lowest BCUT2D eigenvalue weighted by Crippen LogP contribution is -1.95. The van der Waals surface area contributed by atoms with Crippen molar-refractivity contribution in [3.05, 3.63) is 10.8 Å². The van der Waals surface area contributed by atoms with Gasteiger partial charge in [0.25, 0.3) is 0 Å². The Hall–Kier alpha value is -0.230. The average molecular weight is 256 g/mol. The zero-order valence-electron chi connectivity index (χ0n) is 4.28. The SMILES string of the molecule is Br.Nc1ncc(Br)nn1. The van der Waals surface area contributed by atoms with E-state index in [1.54, 1.807) is 0 Å². The third-order valence-corrected chi connectivity index (χ3v) is 0.915. The maximum atomic E-state index is 5.12. The summed E-state index contributed by atoms with van der Waals surface area (Å²) in [5.41, 5.74) is 5.12. The summed E-state index contributed by atoms with van der Waals surface area (Å²) in [7, 11) is 0. The summed E-state index contributed by atoms with van der Waals surface area (Å²) in [5.74, 6) is 0.188. The Morgan fingerprint density at radius 1 is 1.44 bits per heavy atom. The Labute approximate surface area is 70.8 Å². The van der Waals surface area contributed by atoms with Crippen LogP contribution in [0.4, 0.5) is 5.95 Å². The zero-order chi connectivity index (χ0) is 5.98. The van der Waals surface area contributed by atoms with Crippen LogP contribution in [0.5, 0.6) is 0 Å². The molecule has 0 unspecified atom stereocenters. The lowest BCUT2D eigenvalue weighted by Gasteiger charge is -1.85. The Balaban J connectivity index is 0.000000640. The predicted octanol–water partition coefficient (Wildman–Crippen LogP) is 0.794. The number of hydrogen-bond acceptors (Lipinski definition) is 4. The van der Waals surface area contributed by atoms with Crippen molar-refractivity contribution in [2.24, 2.45) is 0 Å². The highest BCUT2D eigenvalue weighted by Crippen LogP contribution is 1.99. The Bertz CT molecular complexity index is 153. The van der Waals surface area contributed by atoms with Crippen LogP contribution in [0.2, 0.25) is 0 Å². The van der Waals surface area contributed by atoms with E-state index in [1.807, 2.05) is 0 Å². The molecule has 0 saturated heterocycles. The van der Waals surface area contributed by atoms with Crippen molar-refractivity contribution in [2.45, 2.75) is 0 Å². The highest BCUT2D eigenvalue weighted by molar-refractivity contribution is 9.10. The Morgan fingerprint density at radius 2 is 2.11 bits per heavy atom. The molecule has 0 aromatic carbocycles. The molecule has 0 aliphatic heterocycles. The molecule has 9 heavy (non-hydrogen) atoms. The predicted molar refractivity (Wildman–Crippen MR) is 42.3 cm³/mol. The molecule has 0 amide bonds. The van der Waals surface area contributed by atoms with Crippen LogP contribution >= 0.6 is 32.9 Å². The van der Waals surface area contributed by atoms with E-state index < -0.39 is 0 Å². The van der Waals surface area contributed by atoms with E-state index in [0.29, 0.717) is 4.60 Å². The molecule has 0 spiro atoms. The van der Waals surface area contributed by atoms with Gasteiger partial charge in [-0.2, -0.15) is 0 Å². The van der Waals surface area contributed by atoms with Crippen molar-refractivity contribution in [1.29, 1.82) is 0 Å². The molecule has 50 valence electrons. The van der Waals surface area contributed by atoms with Crippen molar-refractivity contribution < 1.29 is 0 Å². The molecule has 2 N–H and O–H groups in total. The first-order valence-electron chi connectivity index (χ1n) is 1.90. The summed E-state index contributed by atoms with van der Waals surface area (Å²) < 4.78 is 0.590. The van der Waals surface area contributed by atoms with Crippen molar-refractivity contribution in [2.75, 3.05) is 5.73 Å². The lowest BCUT2D eigenvalue weighted by molar-refractivity contribution is 0.961. The Kier molecular flexibility index (Phi) is 3.64. The van der Waals surface area contributed by atoms with Gasteiger partial charge in [0.05, 0.1) is 6.20 Å². The fraction of sp³-hybridized carbons (Fsp3) is 0. The van der Waals surface area contributed by atoms with Crippen molar-refractivity contribution >= 4 is 38.9 Å². The summed E-state index contributed by atoms with van der Waals surface area (Å²) in [6.45, 7) is 0. The van der Waals surface area contributed by atoms with Gasteiger partial charge in [-0.15, -0.1) is 27.2 Å². The number of nitrogens with two attached hydrogens (primary N) is 1. The van der Waals surface area contributed by atoms with E-state index >= 15 is 0 Å². The van der Waals surface area contributed by atoms with Crippen molar-refractivity contribution in [3.63, 3.8) is 0 Å². The summed E-state index contributed by atoms with van der Waals surface area (Å²) in [6.07, 6.45) is 1.49. The molecule has 0 aliphatic carbocycles. The molecule has 1 heterocycles. The average Bonchev–Trinajstić information content (AvgIpc) is 1.77. The first kappa shape index (κ1) is 8.77. The van der Waals surface area contributed by atoms with Gasteiger partial charge in [-0.05, 0) is 15.9 Å². The fourth-order valence-electron chi connectivity index (χ4n) is 0.270. The maximum Gasteiger partial charge on any atom is 0.240 e. The molecule has 0 aliphatic rings. The molecule has 0 fully saturated rings. The number of hydrogen-bond donors (Lipinski definition) is 1. The number of halogens is 2. The highest BCUT2D eigenvalue weighted by atomic mass is 79.9.